The molecule has 1 atom stereocenters. The molecule has 2 rings (SSSR count). The van der Waals surface area contributed by atoms with Gasteiger partial charge in [-0.3, -0.25) is 4.79 Å². The van der Waals surface area contributed by atoms with Crippen molar-refractivity contribution in [3.8, 4) is 17.6 Å². The third kappa shape index (κ3) is 4.87. The fourth-order valence-corrected chi connectivity index (χ4v) is 2.82. The second kappa shape index (κ2) is 9.07. The van der Waals surface area contributed by atoms with E-state index in [1.807, 2.05) is 43.3 Å². The topological polar surface area (TPSA) is 82.3 Å². The van der Waals surface area contributed by atoms with E-state index in [-0.39, 0.29) is 23.1 Å². The third-order valence-corrected chi connectivity index (χ3v) is 4.28. The van der Waals surface area contributed by atoms with Crippen LogP contribution in [0, 0.1) is 11.3 Å². The number of hydrogen-bond acceptors (Lipinski definition) is 4. The maximum Gasteiger partial charge on any atom is 0.262 e. The Morgan fingerprint density at radius 3 is 2.69 bits per heavy atom. The number of carbonyl (C=O) groups is 1. The second-order valence-corrected chi connectivity index (χ2v) is 6.41. The number of rotatable bonds is 6. The number of halogens is 1. The fourth-order valence-electron chi connectivity index (χ4n) is 2.36. The number of nitrogens with zero attached hydrogens (tertiary/aromatic N) is 1. The van der Waals surface area contributed by atoms with E-state index in [0.29, 0.717) is 16.6 Å². The third-order valence-electron chi connectivity index (χ3n) is 3.67. The first-order chi connectivity index (χ1) is 12.5. The molecule has 2 N–H and O–H groups in total. The first-order valence-electron chi connectivity index (χ1n) is 8.09. The Kier molecular flexibility index (Phi) is 6.81. The van der Waals surface area contributed by atoms with Crippen molar-refractivity contribution in [3.05, 3.63) is 63.6 Å². The standard InChI is InChI=1S/C20H19BrN2O3/c1-3-26-18-11-14(10-17(21)19(18)24)9-16(12-22)20(25)23-13(2)15-7-5-4-6-8-15/h4-11,13,24H,3H2,1-2H3,(H,23,25). The predicted molar refractivity (Wildman–Crippen MR) is 104 cm³/mol. The molecule has 6 heteroatoms. The molecule has 0 aromatic heterocycles. The van der Waals surface area contributed by atoms with Crippen LogP contribution in [0.15, 0.2) is 52.5 Å². The van der Waals surface area contributed by atoms with Gasteiger partial charge in [-0.05, 0) is 59.1 Å². The molecule has 2 aromatic carbocycles. The van der Waals surface area contributed by atoms with E-state index in [1.54, 1.807) is 19.1 Å². The van der Waals surface area contributed by atoms with E-state index in [9.17, 15) is 15.2 Å². The zero-order valence-corrected chi connectivity index (χ0v) is 16.1. The molecule has 1 unspecified atom stereocenters. The molecule has 0 aliphatic carbocycles. The van der Waals surface area contributed by atoms with E-state index in [0.717, 1.165) is 5.56 Å². The zero-order chi connectivity index (χ0) is 19.1. The number of phenolic OH excluding ortho intramolecular Hbond substituents is 1. The summed E-state index contributed by atoms with van der Waals surface area (Å²) in [6.07, 6.45) is 1.46. The van der Waals surface area contributed by atoms with Crippen molar-refractivity contribution in [1.82, 2.24) is 5.32 Å². The highest BCUT2D eigenvalue weighted by Gasteiger charge is 2.15. The summed E-state index contributed by atoms with van der Waals surface area (Å²) in [5.41, 5.74) is 1.48. The van der Waals surface area contributed by atoms with Crippen molar-refractivity contribution < 1.29 is 14.6 Å². The quantitative estimate of drug-likeness (QED) is 0.543. The highest BCUT2D eigenvalue weighted by molar-refractivity contribution is 9.10. The van der Waals surface area contributed by atoms with E-state index in [2.05, 4.69) is 21.2 Å². The van der Waals surface area contributed by atoms with Crippen LogP contribution < -0.4 is 10.1 Å². The molecule has 0 aliphatic heterocycles. The minimum atomic E-state index is -0.467. The van der Waals surface area contributed by atoms with Crippen LogP contribution in [-0.4, -0.2) is 17.6 Å². The van der Waals surface area contributed by atoms with Crippen molar-refractivity contribution in [2.45, 2.75) is 19.9 Å². The van der Waals surface area contributed by atoms with Gasteiger partial charge in [0.15, 0.2) is 11.5 Å². The van der Waals surface area contributed by atoms with Gasteiger partial charge in [-0.25, -0.2) is 0 Å². The van der Waals surface area contributed by atoms with Crippen LogP contribution in [0.4, 0.5) is 0 Å². The van der Waals surface area contributed by atoms with E-state index in [4.69, 9.17) is 4.74 Å². The Labute approximate surface area is 161 Å². The molecule has 1 amide bonds. The lowest BCUT2D eigenvalue weighted by atomic mass is 10.1. The van der Waals surface area contributed by atoms with Crippen molar-refractivity contribution in [3.63, 3.8) is 0 Å². The van der Waals surface area contributed by atoms with Crippen LogP contribution in [0.1, 0.15) is 31.0 Å². The minimum Gasteiger partial charge on any atom is -0.503 e. The number of benzene rings is 2. The Morgan fingerprint density at radius 2 is 2.08 bits per heavy atom. The van der Waals surface area contributed by atoms with Crippen molar-refractivity contribution in [2.24, 2.45) is 0 Å². The monoisotopic (exact) mass is 414 g/mol. The Morgan fingerprint density at radius 1 is 1.38 bits per heavy atom. The summed E-state index contributed by atoms with van der Waals surface area (Å²) in [5, 5.41) is 22.1. The molecule has 0 heterocycles. The summed E-state index contributed by atoms with van der Waals surface area (Å²) in [4.78, 5) is 12.4. The van der Waals surface area contributed by atoms with Crippen molar-refractivity contribution in [2.75, 3.05) is 6.61 Å². The molecule has 0 radical (unpaired) electrons. The van der Waals surface area contributed by atoms with Crippen LogP contribution in [0.3, 0.4) is 0 Å². The summed E-state index contributed by atoms with van der Waals surface area (Å²) in [6.45, 7) is 4.04. The Bertz CT molecular complexity index is 857. The zero-order valence-electron chi connectivity index (χ0n) is 14.5. The number of hydrogen-bond donors (Lipinski definition) is 2. The maximum atomic E-state index is 12.4. The molecular weight excluding hydrogens is 396 g/mol. The first-order valence-corrected chi connectivity index (χ1v) is 8.88. The second-order valence-electron chi connectivity index (χ2n) is 5.56. The number of ether oxygens (including phenoxy) is 1. The van der Waals surface area contributed by atoms with Gasteiger partial charge in [-0.2, -0.15) is 5.26 Å². The summed E-state index contributed by atoms with van der Waals surface area (Å²) < 4.78 is 5.78. The van der Waals surface area contributed by atoms with Gasteiger partial charge < -0.3 is 15.2 Å². The molecule has 2 aromatic rings. The highest BCUT2D eigenvalue weighted by atomic mass is 79.9. The molecule has 0 spiro atoms. The average molecular weight is 415 g/mol. The highest BCUT2D eigenvalue weighted by Crippen LogP contribution is 2.36. The summed E-state index contributed by atoms with van der Waals surface area (Å²) in [6, 6.07) is 14.4. The first kappa shape index (κ1) is 19.5. The predicted octanol–water partition coefficient (Wildman–Crippen LogP) is 4.34. The largest absolute Gasteiger partial charge is 0.503 e. The van der Waals surface area contributed by atoms with Gasteiger partial charge >= 0.3 is 0 Å². The number of carbonyl (C=O) groups excluding carboxylic acids is 1. The summed E-state index contributed by atoms with van der Waals surface area (Å²) >= 11 is 3.24. The smallest absolute Gasteiger partial charge is 0.262 e. The molecule has 0 fully saturated rings. The number of nitriles is 1. The number of amides is 1. The Balaban J connectivity index is 2.24. The van der Waals surface area contributed by atoms with Gasteiger partial charge in [0.1, 0.15) is 11.6 Å². The van der Waals surface area contributed by atoms with Crippen molar-refractivity contribution >= 4 is 27.9 Å². The molecule has 0 aliphatic rings. The molecule has 134 valence electrons. The number of phenols is 1. The van der Waals surface area contributed by atoms with Crippen LogP contribution in [0.25, 0.3) is 6.08 Å². The summed E-state index contributed by atoms with van der Waals surface area (Å²) in [5.74, 6) is -0.209. The van der Waals surface area contributed by atoms with Gasteiger partial charge in [0.2, 0.25) is 0 Å². The van der Waals surface area contributed by atoms with Crippen LogP contribution >= 0.6 is 15.9 Å². The maximum absolute atomic E-state index is 12.4. The lowest BCUT2D eigenvalue weighted by Crippen LogP contribution is -2.27. The molecular formula is C20H19BrN2O3. The van der Waals surface area contributed by atoms with E-state index < -0.39 is 5.91 Å². The molecule has 5 nitrogen and oxygen atoms in total. The molecule has 0 saturated carbocycles. The number of aromatic hydroxyl groups is 1. The molecule has 0 saturated heterocycles. The van der Waals surface area contributed by atoms with Crippen LogP contribution in [-0.2, 0) is 4.79 Å². The lowest BCUT2D eigenvalue weighted by Gasteiger charge is -2.14. The van der Waals surface area contributed by atoms with E-state index >= 15 is 0 Å². The normalized spacial score (nSPS) is 12.2. The van der Waals surface area contributed by atoms with Gasteiger partial charge in [0.25, 0.3) is 5.91 Å². The van der Waals surface area contributed by atoms with Crippen LogP contribution in [0.5, 0.6) is 11.5 Å². The van der Waals surface area contributed by atoms with Gasteiger partial charge in [0.05, 0.1) is 17.1 Å². The minimum absolute atomic E-state index is 0.0235. The van der Waals surface area contributed by atoms with Gasteiger partial charge in [-0.15, -0.1) is 0 Å². The number of nitrogens with one attached hydrogen (secondary N) is 1. The van der Waals surface area contributed by atoms with Crippen molar-refractivity contribution in [1.29, 1.82) is 5.26 Å². The fraction of sp³-hybridized carbons (Fsp3) is 0.200. The van der Waals surface area contributed by atoms with Gasteiger partial charge in [-0.1, -0.05) is 30.3 Å². The van der Waals surface area contributed by atoms with Crippen LogP contribution in [0.2, 0.25) is 0 Å². The molecule has 0 bridgehead atoms. The summed E-state index contributed by atoms with van der Waals surface area (Å²) in [7, 11) is 0. The lowest BCUT2D eigenvalue weighted by molar-refractivity contribution is -0.117. The van der Waals surface area contributed by atoms with Gasteiger partial charge in [0, 0.05) is 0 Å². The average Bonchev–Trinajstić information content (AvgIpc) is 2.64. The Hall–Kier alpha value is -2.78. The molecule has 26 heavy (non-hydrogen) atoms. The van der Waals surface area contributed by atoms with E-state index in [1.165, 1.54) is 6.08 Å². The SMILES string of the molecule is CCOc1cc(C=C(C#N)C(=O)NC(C)c2ccccc2)cc(Br)c1O.